The van der Waals surface area contributed by atoms with E-state index in [-0.39, 0.29) is 34.7 Å². The Labute approximate surface area is 293 Å². The lowest BCUT2D eigenvalue weighted by atomic mass is 9.68. The fourth-order valence-corrected chi connectivity index (χ4v) is 10.1. The topological polar surface area (TPSA) is 130 Å². The fraction of sp³-hybridized carbons (Fsp3) is 0.459. The number of allylic oxidation sites excluding steroid dienone is 1. The Bertz CT molecular complexity index is 1940. The van der Waals surface area contributed by atoms with E-state index in [1.165, 1.54) is 23.5 Å². The second-order valence-corrected chi connectivity index (χ2v) is 16.4. The van der Waals surface area contributed by atoms with Crippen molar-refractivity contribution in [3.63, 3.8) is 0 Å². The van der Waals surface area contributed by atoms with Crippen molar-refractivity contribution in [3.8, 4) is 11.8 Å². The van der Waals surface area contributed by atoms with Gasteiger partial charge in [-0.1, -0.05) is 36.7 Å². The highest BCUT2D eigenvalue weighted by Gasteiger charge is 2.44. The lowest BCUT2D eigenvalue weighted by molar-refractivity contribution is 0.0131. The number of anilines is 2. The fourth-order valence-electron chi connectivity index (χ4n) is 7.97. The van der Waals surface area contributed by atoms with Crippen LogP contribution in [0.4, 0.5) is 11.5 Å². The maximum atomic E-state index is 14.5. The van der Waals surface area contributed by atoms with Crippen molar-refractivity contribution >= 4 is 38.9 Å². The first-order chi connectivity index (χ1) is 23.7. The molecule has 2 aliphatic heterocycles. The number of benzene rings is 2. The Morgan fingerprint density at radius 1 is 1.18 bits per heavy atom. The standard InChI is InChI=1S/C37H41ClN6O4S/c1-24-5-3-7-33(47-2)30-11-8-27(30)20-44-22-37(14-4-6-25-15-28(38)10-12-31(25)37)23-48-34-13-9-26(16-32(34)44)36(45)43-49(46,21-24)42-35-19-40-29(17-39)18-41-35/h3,7,9-10,12-13,15-16,18-19,24,27,30,33H,4-6,8,11,14,20-23H2,1-2H3,(H,41,42,43,45,46)/b7-3+/t24-,27-,30+,33-,37-,49?/m0/s1. The average Bonchev–Trinajstić information content (AvgIpc) is 3.22. The van der Waals surface area contributed by atoms with Gasteiger partial charge in [-0.2, -0.15) is 5.26 Å². The van der Waals surface area contributed by atoms with Gasteiger partial charge in [0.05, 0.1) is 36.5 Å². The Balaban J connectivity index is 1.31. The third kappa shape index (κ3) is 6.91. The molecule has 1 amide bonds. The molecule has 0 saturated heterocycles. The molecule has 1 spiro atoms. The molecule has 3 aromatic rings. The molecule has 7 rings (SSSR count). The summed E-state index contributed by atoms with van der Waals surface area (Å²) in [7, 11) is -1.58. The molecule has 3 heterocycles. The van der Waals surface area contributed by atoms with E-state index in [0.29, 0.717) is 30.4 Å². The zero-order valence-corrected chi connectivity index (χ0v) is 29.4. The number of hydrogen-bond donors (Lipinski definition) is 1. The summed E-state index contributed by atoms with van der Waals surface area (Å²) in [6, 6.07) is 13.6. The Kier molecular flexibility index (Phi) is 9.39. The van der Waals surface area contributed by atoms with Crippen molar-refractivity contribution in [1.82, 2.24) is 9.97 Å². The minimum absolute atomic E-state index is 0.0398. The van der Waals surface area contributed by atoms with Gasteiger partial charge in [-0.15, -0.1) is 4.36 Å². The number of amides is 1. The molecular weight excluding hydrogens is 660 g/mol. The van der Waals surface area contributed by atoms with E-state index in [4.69, 9.17) is 26.3 Å². The molecule has 12 heteroatoms. The van der Waals surface area contributed by atoms with E-state index < -0.39 is 15.8 Å². The van der Waals surface area contributed by atoms with Crippen LogP contribution in [0, 0.1) is 29.1 Å². The second-order valence-electron chi connectivity index (χ2n) is 14.0. The van der Waals surface area contributed by atoms with Gasteiger partial charge in [0.1, 0.15) is 21.7 Å². The van der Waals surface area contributed by atoms with Gasteiger partial charge in [0.2, 0.25) is 0 Å². The maximum Gasteiger partial charge on any atom is 0.286 e. The summed E-state index contributed by atoms with van der Waals surface area (Å²) >= 11 is 6.45. The predicted octanol–water partition coefficient (Wildman–Crippen LogP) is 6.75. The molecule has 4 aliphatic rings. The number of carbonyl (C=O) groups is 1. The SMILES string of the molecule is CO[C@H]1/C=C/C[C@H](C)CS(=O)(Nc2cnc(C#N)cn2)=NC(=O)c2ccc3c(c2)N(C[C@@H]2CC[C@H]21)C[C@@]1(CCCc2cc(Cl)ccc21)CO3. The number of nitriles is 1. The molecule has 2 bridgehead atoms. The van der Waals surface area contributed by atoms with Crippen molar-refractivity contribution in [2.24, 2.45) is 22.1 Å². The van der Waals surface area contributed by atoms with Gasteiger partial charge in [-0.05, 0) is 97.7 Å². The molecule has 1 N–H and O–H groups in total. The minimum atomic E-state index is -3.35. The van der Waals surface area contributed by atoms with Crippen LogP contribution in [-0.4, -0.2) is 58.7 Å². The lowest BCUT2D eigenvalue weighted by Gasteiger charge is -2.46. The summed E-state index contributed by atoms with van der Waals surface area (Å²) < 4.78 is 34.4. The normalized spacial score (nSPS) is 30.3. The number of ether oxygens (including phenoxy) is 2. The molecule has 0 radical (unpaired) electrons. The van der Waals surface area contributed by atoms with Crippen LogP contribution in [0.3, 0.4) is 0 Å². The number of aryl methyl sites for hydroxylation is 1. The van der Waals surface area contributed by atoms with Crippen molar-refractivity contribution < 1.29 is 18.5 Å². The number of hydrogen-bond acceptors (Lipinski definition) is 8. The molecule has 1 unspecified atom stereocenters. The Morgan fingerprint density at radius 2 is 2.06 bits per heavy atom. The zero-order chi connectivity index (χ0) is 34.2. The maximum absolute atomic E-state index is 14.5. The quantitative estimate of drug-likeness (QED) is 0.297. The van der Waals surface area contributed by atoms with Gasteiger partial charge in [-0.25, -0.2) is 14.2 Å². The second kappa shape index (κ2) is 13.7. The number of aromatic nitrogens is 2. The van der Waals surface area contributed by atoms with Crippen molar-refractivity contribution in [2.75, 3.05) is 42.2 Å². The van der Waals surface area contributed by atoms with Crippen LogP contribution in [0.2, 0.25) is 5.02 Å². The van der Waals surface area contributed by atoms with E-state index >= 15 is 0 Å². The Hall–Kier alpha value is -3.98. The van der Waals surface area contributed by atoms with Gasteiger partial charge in [-0.3, -0.25) is 9.52 Å². The first kappa shape index (κ1) is 33.5. The molecule has 256 valence electrons. The molecule has 49 heavy (non-hydrogen) atoms. The highest BCUT2D eigenvalue weighted by molar-refractivity contribution is 7.95. The summed E-state index contributed by atoms with van der Waals surface area (Å²) in [5, 5.41) is 9.89. The monoisotopic (exact) mass is 700 g/mol. The summed E-state index contributed by atoms with van der Waals surface area (Å²) in [5.74, 6) is 1.07. The van der Waals surface area contributed by atoms with Crippen molar-refractivity contribution in [1.29, 1.82) is 5.26 Å². The molecule has 1 saturated carbocycles. The van der Waals surface area contributed by atoms with Crippen LogP contribution in [0.1, 0.15) is 66.2 Å². The molecule has 1 fully saturated rings. The third-order valence-electron chi connectivity index (χ3n) is 10.5. The zero-order valence-electron chi connectivity index (χ0n) is 27.8. The lowest BCUT2D eigenvalue weighted by Crippen LogP contribution is -2.49. The molecule has 2 aromatic carbocycles. The van der Waals surface area contributed by atoms with Crippen LogP contribution in [0.15, 0.2) is 65.3 Å². The highest BCUT2D eigenvalue weighted by Crippen LogP contribution is 2.47. The van der Waals surface area contributed by atoms with Gasteiger partial charge in [0.25, 0.3) is 5.91 Å². The molecule has 2 aliphatic carbocycles. The summed E-state index contributed by atoms with van der Waals surface area (Å²) in [5.41, 5.74) is 3.61. The predicted molar refractivity (Wildman–Crippen MR) is 190 cm³/mol. The first-order valence-corrected chi connectivity index (χ1v) is 19.0. The number of methoxy groups -OCH3 is 1. The largest absolute Gasteiger partial charge is 0.490 e. The van der Waals surface area contributed by atoms with E-state index in [1.54, 1.807) is 13.2 Å². The van der Waals surface area contributed by atoms with E-state index in [2.05, 4.69) is 48.2 Å². The van der Waals surface area contributed by atoms with Crippen molar-refractivity contribution in [2.45, 2.75) is 57.0 Å². The molecular formula is C37H41ClN6O4S. The Morgan fingerprint density at radius 3 is 2.82 bits per heavy atom. The highest BCUT2D eigenvalue weighted by atomic mass is 35.5. The number of nitrogens with zero attached hydrogens (tertiary/aromatic N) is 5. The smallest absolute Gasteiger partial charge is 0.286 e. The molecule has 1 aromatic heterocycles. The van der Waals surface area contributed by atoms with Crippen LogP contribution in [0.25, 0.3) is 0 Å². The molecule has 6 atom stereocenters. The van der Waals surface area contributed by atoms with Gasteiger partial charge in [0.15, 0.2) is 11.5 Å². The number of carbonyl (C=O) groups excluding carboxylic acids is 1. The number of rotatable bonds is 3. The number of nitrogens with one attached hydrogen (secondary N) is 1. The van der Waals surface area contributed by atoms with Crippen LogP contribution in [0.5, 0.6) is 5.75 Å². The summed E-state index contributed by atoms with van der Waals surface area (Å²) in [6.45, 7) is 4.02. The van der Waals surface area contributed by atoms with Crippen LogP contribution in [-0.2, 0) is 26.5 Å². The van der Waals surface area contributed by atoms with Gasteiger partial charge < -0.3 is 14.4 Å². The average molecular weight is 701 g/mol. The molecule has 10 nitrogen and oxygen atoms in total. The van der Waals surface area contributed by atoms with Gasteiger partial charge in [0, 0.05) is 36.2 Å². The van der Waals surface area contributed by atoms with E-state index in [0.717, 1.165) is 61.7 Å². The van der Waals surface area contributed by atoms with Crippen LogP contribution >= 0.6 is 11.6 Å². The van der Waals surface area contributed by atoms with Crippen molar-refractivity contribution in [3.05, 3.63) is 88.4 Å². The number of halogens is 1. The van der Waals surface area contributed by atoms with E-state index in [9.17, 15) is 9.00 Å². The van der Waals surface area contributed by atoms with Gasteiger partial charge >= 0.3 is 0 Å². The van der Waals surface area contributed by atoms with E-state index in [1.807, 2.05) is 31.2 Å². The third-order valence-corrected chi connectivity index (χ3v) is 12.8. The summed E-state index contributed by atoms with van der Waals surface area (Å²) in [4.78, 5) is 24.6. The first-order valence-electron chi connectivity index (χ1n) is 17.0. The minimum Gasteiger partial charge on any atom is -0.490 e. The number of fused-ring (bicyclic) bond motifs is 4. The summed E-state index contributed by atoms with van der Waals surface area (Å²) in [6.07, 6.45) is 12.6. The van der Waals surface area contributed by atoms with Crippen LogP contribution < -0.4 is 14.4 Å².